The lowest BCUT2D eigenvalue weighted by Crippen LogP contribution is -2.72. The lowest BCUT2D eigenvalue weighted by Gasteiger charge is -2.41. The van der Waals surface area contributed by atoms with Crippen molar-refractivity contribution < 1.29 is 63.0 Å². The average Bonchev–Trinajstić information content (AvgIpc) is 2.73. The van der Waals surface area contributed by atoms with Crippen molar-refractivity contribution in [3.05, 3.63) is 0 Å². The maximum absolute atomic E-state index is 14.0. The zero-order valence-electron chi connectivity index (χ0n) is 15.5. The molecular weight excluding hydrogens is 462 g/mol. The second kappa shape index (κ2) is 8.26. The van der Waals surface area contributed by atoms with E-state index in [0.717, 1.165) is 0 Å². The Morgan fingerprint density at radius 1 is 0.516 bits per heavy atom. The molecular formula is C15H16F10N2O4. The van der Waals surface area contributed by atoms with Crippen LogP contribution in [0.15, 0.2) is 0 Å². The van der Waals surface area contributed by atoms with Gasteiger partial charge in [0.15, 0.2) is 0 Å². The zero-order chi connectivity index (χ0) is 23.9. The zero-order valence-corrected chi connectivity index (χ0v) is 15.5. The third kappa shape index (κ3) is 3.91. The first-order valence-electron chi connectivity index (χ1n) is 8.66. The summed E-state index contributed by atoms with van der Waals surface area (Å²) in [5.41, 5.74) is 0. The van der Waals surface area contributed by atoms with E-state index in [0.29, 0.717) is 0 Å². The molecule has 0 atom stereocenters. The molecule has 0 aromatic heterocycles. The number of carbonyl (C=O) groups excluding carboxylic acids is 2. The van der Waals surface area contributed by atoms with Crippen molar-refractivity contribution in [3.8, 4) is 0 Å². The Labute approximate surface area is 168 Å². The number of nitrogens with zero attached hydrogens (tertiary/aromatic N) is 2. The molecule has 31 heavy (non-hydrogen) atoms. The first kappa shape index (κ1) is 25.4. The minimum absolute atomic E-state index is 0.0529. The Hall–Kier alpha value is -1.84. The first-order chi connectivity index (χ1) is 14.0. The number of ether oxygens (including phenoxy) is 2. The summed E-state index contributed by atoms with van der Waals surface area (Å²) in [6.07, 6.45) is 0. The topological polar surface area (TPSA) is 59.1 Å². The van der Waals surface area contributed by atoms with Crippen LogP contribution in [0.5, 0.6) is 0 Å². The van der Waals surface area contributed by atoms with Crippen LogP contribution in [-0.4, -0.2) is 104 Å². The fourth-order valence-corrected chi connectivity index (χ4v) is 2.79. The molecule has 0 radical (unpaired) electrons. The van der Waals surface area contributed by atoms with E-state index >= 15 is 0 Å². The van der Waals surface area contributed by atoms with Crippen LogP contribution in [0.4, 0.5) is 43.9 Å². The van der Waals surface area contributed by atoms with E-state index in [1.54, 1.807) is 0 Å². The predicted octanol–water partition coefficient (Wildman–Crippen LogP) is 1.88. The van der Waals surface area contributed by atoms with Gasteiger partial charge in [-0.25, -0.2) is 0 Å². The van der Waals surface area contributed by atoms with Crippen molar-refractivity contribution in [1.82, 2.24) is 9.80 Å². The number of alkyl halides is 10. The molecule has 2 heterocycles. The fraction of sp³-hybridized carbons (Fsp3) is 0.867. The number of amides is 2. The highest BCUT2D eigenvalue weighted by Gasteiger charge is 2.89. The quantitative estimate of drug-likeness (QED) is 0.548. The van der Waals surface area contributed by atoms with E-state index in [2.05, 4.69) is 9.47 Å². The summed E-state index contributed by atoms with van der Waals surface area (Å²) in [4.78, 5) is 23.2. The van der Waals surface area contributed by atoms with Gasteiger partial charge in [-0.15, -0.1) is 0 Å². The maximum atomic E-state index is 14.0. The molecule has 180 valence electrons. The average molecular weight is 478 g/mol. The summed E-state index contributed by atoms with van der Waals surface area (Å²) in [5, 5.41) is 0. The second-order valence-corrected chi connectivity index (χ2v) is 6.68. The van der Waals surface area contributed by atoms with Crippen molar-refractivity contribution in [2.45, 2.75) is 29.6 Å². The largest absolute Gasteiger partial charge is 0.392 e. The first-order valence-corrected chi connectivity index (χ1v) is 8.66. The van der Waals surface area contributed by atoms with E-state index in [4.69, 9.17) is 0 Å². The highest BCUT2D eigenvalue weighted by atomic mass is 19.4. The van der Waals surface area contributed by atoms with E-state index in [9.17, 15) is 53.5 Å². The number of carbonyl (C=O) groups is 2. The van der Waals surface area contributed by atoms with Gasteiger partial charge < -0.3 is 19.3 Å². The van der Waals surface area contributed by atoms with Crippen LogP contribution < -0.4 is 0 Å². The standard InChI is InChI=1S/C15H16F10N2O4/c16-11(17,9(28)26-1-5-30-6-2-26)13(20,21)15(24,25)14(22,23)12(18,19)10(29)27-3-7-31-8-4-27/h1-8H2. The summed E-state index contributed by atoms with van der Waals surface area (Å²) in [6, 6.07) is 0. The number of halogens is 10. The Morgan fingerprint density at radius 2 is 0.774 bits per heavy atom. The predicted molar refractivity (Wildman–Crippen MR) is 79.5 cm³/mol. The molecule has 0 saturated carbocycles. The highest BCUT2D eigenvalue weighted by molar-refractivity contribution is 5.86. The van der Waals surface area contributed by atoms with Gasteiger partial charge in [0, 0.05) is 26.2 Å². The lowest BCUT2D eigenvalue weighted by molar-refractivity contribution is -0.389. The molecule has 0 unspecified atom stereocenters. The number of hydrogen-bond donors (Lipinski definition) is 0. The molecule has 2 aliphatic rings. The maximum Gasteiger partial charge on any atom is 0.392 e. The van der Waals surface area contributed by atoms with Gasteiger partial charge in [0.2, 0.25) is 0 Å². The summed E-state index contributed by atoms with van der Waals surface area (Å²) >= 11 is 0. The molecule has 0 aromatic rings. The van der Waals surface area contributed by atoms with Crippen molar-refractivity contribution in [2.24, 2.45) is 0 Å². The van der Waals surface area contributed by atoms with Crippen LogP contribution in [-0.2, 0) is 19.1 Å². The second-order valence-electron chi connectivity index (χ2n) is 6.68. The minimum Gasteiger partial charge on any atom is -0.378 e. The van der Waals surface area contributed by atoms with Crippen LogP contribution in [0.1, 0.15) is 0 Å². The molecule has 0 N–H and O–H groups in total. The van der Waals surface area contributed by atoms with Gasteiger partial charge >= 0.3 is 29.6 Å². The number of morpholine rings is 2. The van der Waals surface area contributed by atoms with E-state index in [-0.39, 0.29) is 9.80 Å². The van der Waals surface area contributed by atoms with E-state index < -0.39 is 94.0 Å². The summed E-state index contributed by atoms with van der Waals surface area (Å²) < 4.78 is 149. The molecule has 6 nitrogen and oxygen atoms in total. The smallest absolute Gasteiger partial charge is 0.378 e. The fourth-order valence-electron chi connectivity index (χ4n) is 2.79. The molecule has 0 spiro atoms. The number of rotatable bonds is 6. The van der Waals surface area contributed by atoms with Gasteiger partial charge in [0.05, 0.1) is 26.4 Å². The van der Waals surface area contributed by atoms with Crippen molar-refractivity contribution in [3.63, 3.8) is 0 Å². The molecule has 16 heteroatoms. The Kier molecular flexibility index (Phi) is 6.77. The highest BCUT2D eigenvalue weighted by Crippen LogP contribution is 2.57. The minimum atomic E-state index is -7.50. The van der Waals surface area contributed by atoms with Crippen LogP contribution >= 0.6 is 0 Å². The van der Waals surface area contributed by atoms with Crippen molar-refractivity contribution in [1.29, 1.82) is 0 Å². The Morgan fingerprint density at radius 3 is 1.03 bits per heavy atom. The van der Waals surface area contributed by atoms with Gasteiger partial charge in [0.1, 0.15) is 0 Å². The third-order valence-corrected chi connectivity index (χ3v) is 4.71. The summed E-state index contributed by atoms with van der Waals surface area (Å²) in [5.74, 6) is -41.0. The van der Waals surface area contributed by atoms with Gasteiger partial charge in [-0.1, -0.05) is 0 Å². The van der Waals surface area contributed by atoms with Crippen LogP contribution in [0.25, 0.3) is 0 Å². The Bertz CT molecular complexity index is 635. The van der Waals surface area contributed by atoms with Gasteiger partial charge in [0.25, 0.3) is 11.8 Å². The van der Waals surface area contributed by atoms with Crippen LogP contribution in [0, 0.1) is 0 Å². The Balaban J connectivity index is 2.38. The van der Waals surface area contributed by atoms with Gasteiger partial charge in [-0.2, -0.15) is 43.9 Å². The molecule has 2 aliphatic heterocycles. The summed E-state index contributed by atoms with van der Waals surface area (Å²) in [6.45, 7) is -4.76. The third-order valence-electron chi connectivity index (χ3n) is 4.71. The van der Waals surface area contributed by atoms with Crippen molar-refractivity contribution >= 4 is 11.8 Å². The molecule has 0 aliphatic carbocycles. The molecule has 2 saturated heterocycles. The monoisotopic (exact) mass is 478 g/mol. The van der Waals surface area contributed by atoms with Crippen LogP contribution in [0.3, 0.4) is 0 Å². The molecule has 0 bridgehead atoms. The summed E-state index contributed by atoms with van der Waals surface area (Å²) in [7, 11) is 0. The SMILES string of the molecule is O=C(N1CCOCC1)C(F)(F)C(F)(F)C(F)(F)C(F)(F)C(F)(F)C(=O)N1CCOCC1. The molecule has 2 amide bonds. The lowest BCUT2D eigenvalue weighted by atomic mass is 9.93. The van der Waals surface area contributed by atoms with E-state index in [1.807, 2.05) is 0 Å². The van der Waals surface area contributed by atoms with Gasteiger partial charge in [-0.05, 0) is 0 Å². The van der Waals surface area contributed by atoms with Crippen molar-refractivity contribution in [2.75, 3.05) is 52.6 Å². The molecule has 2 fully saturated rings. The molecule has 2 rings (SSSR count). The molecule has 0 aromatic carbocycles. The van der Waals surface area contributed by atoms with Crippen LogP contribution in [0.2, 0.25) is 0 Å². The number of hydrogen-bond acceptors (Lipinski definition) is 4. The van der Waals surface area contributed by atoms with E-state index in [1.165, 1.54) is 0 Å². The normalized spacial score (nSPS) is 20.1. The van der Waals surface area contributed by atoms with Gasteiger partial charge in [-0.3, -0.25) is 9.59 Å².